The minimum atomic E-state index is -0.510. The Kier molecular flexibility index (Phi) is 5.51. The summed E-state index contributed by atoms with van der Waals surface area (Å²) in [6.45, 7) is 0. The summed E-state index contributed by atoms with van der Waals surface area (Å²) in [7, 11) is 1.62. The lowest BCUT2D eigenvalue weighted by Gasteiger charge is -2.39. The fourth-order valence-corrected chi connectivity index (χ4v) is 4.38. The number of hydrogen-bond donors (Lipinski definition) is 0. The number of nitro benzene ring substituents is 1. The molecule has 1 aliphatic heterocycles. The number of amides is 1. The first kappa shape index (κ1) is 21.3. The molecule has 0 aliphatic carbocycles. The van der Waals surface area contributed by atoms with Gasteiger partial charge in [0, 0.05) is 17.7 Å². The molecule has 3 aromatic carbocycles. The Labute approximate surface area is 195 Å². The van der Waals surface area contributed by atoms with E-state index < -0.39 is 4.92 Å². The van der Waals surface area contributed by atoms with Crippen LogP contribution in [0.3, 0.4) is 0 Å². The quantitative estimate of drug-likeness (QED) is 0.322. The van der Waals surface area contributed by atoms with E-state index in [2.05, 4.69) is 10.1 Å². The number of non-ortho nitro benzene ring substituents is 1. The Morgan fingerprint density at radius 3 is 2.44 bits per heavy atom. The molecule has 0 unspecified atom stereocenters. The zero-order chi connectivity index (χ0) is 23.7. The van der Waals surface area contributed by atoms with Crippen molar-refractivity contribution in [1.29, 1.82) is 0 Å². The highest BCUT2D eigenvalue weighted by molar-refractivity contribution is 6.06. The topological polar surface area (TPSA) is 103 Å². The molecule has 0 saturated heterocycles. The maximum absolute atomic E-state index is 13.8. The summed E-state index contributed by atoms with van der Waals surface area (Å²) in [5, 5.41) is 15.7. The SMILES string of the molecule is COc1ccc([C@@H]2C[C@H](c3ccccc3)N(C(=O)c3cccc([N+](=O)[O-])c3)c3ncnn32)cc1. The normalized spacial score (nSPS) is 17.1. The standard InChI is InChI=1S/C25H21N5O4/c1-34-21-12-10-18(11-13-21)23-15-22(17-6-3-2-4-7-17)28(25-26-16-27-29(23)25)24(31)19-8-5-9-20(14-19)30(32)33/h2-14,16,22-23H,15H2,1H3/t22-,23+/m1/s1. The Bertz CT molecular complexity index is 1340. The van der Waals surface area contributed by atoms with E-state index in [0.717, 1.165) is 16.9 Å². The Morgan fingerprint density at radius 1 is 1.00 bits per heavy atom. The van der Waals surface area contributed by atoms with Gasteiger partial charge in [-0.25, -0.2) is 4.68 Å². The van der Waals surface area contributed by atoms with Gasteiger partial charge >= 0.3 is 0 Å². The third-order valence-corrected chi connectivity index (χ3v) is 6.03. The second kappa shape index (κ2) is 8.78. The fraction of sp³-hybridized carbons (Fsp3) is 0.160. The smallest absolute Gasteiger partial charge is 0.270 e. The lowest BCUT2D eigenvalue weighted by Crippen LogP contribution is -2.42. The molecular weight excluding hydrogens is 434 g/mol. The third kappa shape index (κ3) is 3.77. The van der Waals surface area contributed by atoms with Gasteiger partial charge in [0.25, 0.3) is 11.6 Å². The van der Waals surface area contributed by atoms with Crippen LogP contribution >= 0.6 is 0 Å². The lowest BCUT2D eigenvalue weighted by atomic mass is 9.91. The highest BCUT2D eigenvalue weighted by atomic mass is 16.6. The monoisotopic (exact) mass is 455 g/mol. The molecule has 2 heterocycles. The van der Waals surface area contributed by atoms with E-state index in [9.17, 15) is 14.9 Å². The number of methoxy groups -OCH3 is 1. The van der Waals surface area contributed by atoms with Crippen LogP contribution in [0.2, 0.25) is 0 Å². The van der Waals surface area contributed by atoms with Gasteiger partial charge in [-0.3, -0.25) is 19.8 Å². The van der Waals surface area contributed by atoms with E-state index in [4.69, 9.17) is 4.74 Å². The lowest BCUT2D eigenvalue weighted by molar-refractivity contribution is -0.384. The Morgan fingerprint density at radius 2 is 1.74 bits per heavy atom. The molecule has 1 amide bonds. The van der Waals surface area contributed by atoms with Gasteiger partial charge in [0.15, 0.2) is 0 Å². The van der Waals surface area contributed by atoms with Gasteiger partial charge < -0.3 is 4.74 Å². The van der Waals surface area contributed by atoms with Crippen molar-refractivity contribution in [2.75, 3.05) is 12.0 Å². The maximum Gasteiger partial charge on any atom is 0.270 e. The average Bonchev–Trinajstić information content (AvgIpc) is 3.38. The summed E-state index contributed by atoms with van der Waals surface area (Å²) in [5.41, 5.74) is 2.02. The van der Waals surface area contributed by atoms with Crippen LogP contribution in [-0.4, -0.2) is 32.7 Å². The molecule has 0 bridgehead atoms. The summed E-state index contributed by atoms with van der Waals surface area (Å²) in [6.07, 6.45) is 1.97. The van der Waals surface area contributed by atoms with E-state index in [0.29, 0.717) is 12.4 Å². The summed E-state index contributed by atoms with van der Waals surface area (Å²) in [4.78, 5) is 30.5. The van der Waals surface area contributed by atoms with Crippen LogP contribution in [0.1, 0.15) is 40.0 Å². The fourth-order valence-electron chi connectivity index (χ4n) is 4.38. The molecule has 9 heteroatoms. The number of aromatic nitrogens is 3. The van der Waals surface area contributed by atoms with Crippen molar-refractivity contribution < 1.29 is 14.5 Å². The van der Waals surface area contributed by atoms with Crippen LogP contribution in [0.4, 0.5) is 11.6 Å². The van der Waals surface area contributed by atoms with Crippen molar-refractivity contribution in [3.8, 4) is 5.75 Å². The number of rotatable bonds is 5. The first-order chi connectivity index (χ1) is 16.6. The second-order valence-electron chi connectivity index (χ2n) is 7.94. The van der Waals surface area contributed by atoms with E-state index >= 15 is 0 Å². The number of ether oxygens (including phenoxy) is 1. The molecule has 4 aromatic rings. The molecule has 2 atom stereocenters. The van der Waals surface area contributed by atoms with Gasteiger partial charge in [-0.1, -0.05) is 48.5 Å². The van der Waals surface area contributed by atoms with Gasteiger partial charge in [0.2, 0.25) is 5.95 Å². The molecule has 0 N–H and O–H groups in total. The number of benzene rings is 3. The van der Waals surface area contributed by atoms with Crippen molar-refractivity contribution in [3.63, 3.8) is 0 Å². The van der Waals surface area contributed by atoms with E-state index in [1.807, 2.05) is 54.6 Å². The van der Waals surface area contributed by atoms with Crippen LogP contribution in [0.25, 0.3) is 0 Å². The number of carbonyl (C=O) groups excluding carboxylic acids is 1. The van der Waals surface area contributed by atoms with Crippen LogP contribution in [0, 0.1) is 10.1 Å². The van der Waals surface area contributed by atoms with Crippen molar-refractivity contribution in [3.05, 3.63) is 112 Å². The Balaban J connectivity index is 1.62. The molecule has 34 heavy (non-hydrogen) atoms. The minimum Gasteiger partial charge on any atom is -0.497 e. The summed E-state index contributed by atoms with van der Waals surface area (Å²) in [5.74, 6) is 0.762. The van der Waals surface area contributed by atoms with Crippen molar-refractivity contribution in [2.24, 2.45) is 0 Å². The molecule has 0 saturated carbocycles. The summed E-state index contributed by atoms with van der Waals surface area (Å²) >= 11 is 0. The molecule has 170 valence electrons. The van der Waals surface area contributed by atoms with E-state index in [1.165, 1.54) is 24.5 Å². The number of fused-ring (bicyclic) bond motifs is 1. The van der Waals surface area contributed by atoms with Crippen molar-refractivity contribution >= 4 is 17.5 Å². The largest absolute Gasteiger partial charge is 0.497 e. The third-order valence-electron chi connectivity index (χ3n) is 6.03. The Hall–Kier alpha value is -4.53. The van der Waals surface area contributed by atoms with Crippen LogP contribution in [0.15, 0.2) is 85.2 Å². The number of nitro groups is 1. The summed E-state index contributed by atoms with van der Waals surface area (Å²) in [6, 6.07) is 22.7. The first-order valence-electron chi connectivity index (χ1n) is 10.7. The molecule has 0 radical (unpaired) electrons. The van der Waals surface area contributed by atoms with Crippen LogP contribution in [0.5, 0.6) is 5.75 Å². The molecular formula is C25H21N5O4. The van der Waals surface area contributed by atoms with E-state index in [-0.39, 0.29) is 29.2 Å². The van der Waals surface area contributed by atoms with Gasteiger partial charge in [-0.15, -0.1) is 0 Å². The maximum atomic E-state index is 13.8. The van der Waals surface area contributed by atoms with Crippen molar-refractivity contribution in [1.82, 2.24) is 14.8 Å². The van der Waals surface area contributed by atoms with Gasteiger partial charge in [-0.05, 0) is 35.7 Å². The molecule has 0 spiro atoms. The predicted octanol–water partition coefficient (Wildman–Crippen LogP) is 4.58. The van der Waals surface area contributed by atoms with Gasteiger partial charge in [0.1, 0.15) is 12.1 Å². The minimum absolute atomic E-state index is 0.142. The highest BCUT2D eigenvalue weighted by Gasteiger charge is 2.40. The number of nitrogens with zero attached hydrogens (tertiary/aromatic N) is 5. The molecule has 5 rings (SSSR count). The highest BCUT2D eigenvalue weighted by Crippen LogP contribution is 2.42. The van der Waals surface area contributed by atoms with Gasteiger partial charge in [-0.2, -0.15) is 10.1 Å². The number of carbonyl (C=O) groups is 1. The van der Waals surface area contributed by atoms with E-state index in [1.54, 1.807) is 22.8 Å². The predicted molar refractivity (Wildman–Crippen MR) is 125 cm³/mol. The molecule has 1 aromatic heterocycles. The van der Waals surface area contributed by atoms with Crippen LogP contribution in [-0.2, 0) is 0 Å². The molecule has 0 fully saturated rings. The van der Waals surface area contributed by atoms with Crippen molar-refractivity contribution in [2.45, 2.75) is 18.5 Å². The second-order valence-corrected chi connectivity index (χ2v) is 7.94. The van der Waals surface area contributed by atoms with Crippen LogP contribution < -0.4 is 9.64 Å². The zero-order valence-corrected chi connectivity index (χ0v) is 18.3. The first-order valence-corrected chi connectivity index (χ1v) is 10.7. The average molecular weight is 455 g/mol. The number of hydrogen-bond acceptors (Lipinski definition) is 6. The van der Waals surface area contributed by atoms with Gasteiger partial charge in [0.05, 0.1) is 24.1 Å². The molecule has 9 nitrogen and oxygen atoms in total. The zero-order valence-electron chi connectivity index (χ0n) is 18.3. The number of anilines is 1. The molecule has 1 aliphatic rings. The summed E-state index contributed by atoms with van der Waals surface area (Å²) < 4.78 is 7.02.